The van der Waals surface area contributed by atoms with Crippen molar-refractivity contribution in [3.8, 4) is 0 Å². The van der Waals surface area contributed by atoms with Crippen LogP contribution in [-0.4, -0.2) is 42.8 Å². The average molecular weight is 357 g/mol. The molecular weight excluding hydrogens is 335 g/mol. The van der Waals surface area contributed by atoms with Crippen molar-refractivity contribution in [2.75, 3.05) is 31.1 Å². The molecule has 23 heavy (non-hydrogen) atoms. The fraction of sp³-hybridized carbons (Fsp3) is 0.529. The Morgan fingerprint density at radius 2 is 1.65 bits per heavy atom. The molecule has 0 bridgehead atoms. The summed E-state index contributed by atoms with van der Waals surface area (Å²) in [7, 11) is 0. The molecule has 4 nitrogen and oxygen atoms in total. The summed E-state index contributed by atoms with van der Waals surface area (Å²) in [6, 6.07) is 5.48. The quantitative estimate of drug-likeness (QED) is 0.808. The summed E-state index contributed by atoms with van der Waals surface area (Å²) in [5.74, 6) is -0.0384. The number of amides is 1. The number of hydrogen-bond acceptors (Lipinski definition) is 3. The number of Topliss-reactive ketones (excluding diaryl/α,β-unsaturated/α-hetero) is 1. The molecule has 1 atom stereocenters. The van der Waals surface area contributed by atoms with Crippen molar-refractivity contribution >= 4 is 40.6 Å². The lowest BCUT2D eigenvalue weighted by Crippen LogP contribution is -2.50. The molecule has 0 saturated carbocycles. The van der Waals surface area contributed by atoms with Gasteiger partial charge < -0.3 is 14.6 Å². The molecule has 1 aliphatic rings. The Hall–Kier alpha value is -1.26. The number of nitrogens with zero attached hydrogens (tertiary/aromatic N) is 2. The molecule has 0 aliphatic carbocycles. The van der Waals surface area contributed by atoms with E-state index in [-0.39, 0.29) is 17.6 Å². The summed E-state index contributed by atoms with van der Waals surface area (Å²) in [5, 5.41) is 1.22. The topological polar surface area (TPSA) is 40.6 Å². The van der Waals surface area contributed by atoms with E-state index >= 15 is 0 Å². The first kappa shape index (κ1) is 18.1. The van der Waals surface area contributed by atoms with Gasteiger partial charge in [0, 0.05) is 54.3 Å². The summed E-state index contributed by atoms with van der Waals surface area (Å²) in [5.41, 5.74) is 0.977. The Balaban J connectivity index is 1.97. The molecule has 2 rings (SSSR count). The average Bonchev–Trinajstić information content (AvgIpc) is 2.51. The molecule has 0 aromatic heterocycles. The smallest absolute Gasteiger partial charge is 0.226 e. The van der Waals surface area contributed by atoms with Gasteiger partial charge >= 0.3 is 0 Å². The Morgan fingerprint density at radius 3 is 2.13 bits per heavy atom. The van der Waals surface area contributed by atoms with Crippen LogP contribution >= 0.6 is 23.2 Å². The van der Waals surface area contributed by atoms with Crippen molar-refractivity contribution < 1.29 is 9.59 Å². The fourth-order valence-electron chi connectivity index (χ4n) is 2.92. The van der Waals surface area contributed by atoms with Crippen LogP contribution in [0.15, 0.2) is 18.2 Å². The third-order valence-electron chi connectivity index (χ3n) is 4.18. The number of anilines is 1. The first-order chi connectivity index (χ1) is 10.9. The first-order valence-electron chi connectivity index (χ1n) is 7.90. The van der Waals surface area contributed by atoms with Gasteiger partial charge in [-0.05, 0) is 31.5 Å². The van der Waals surface area contributed by atoms with Crippen molar-refractivity contribution in [2.45, 2.75) is 26.7 Å². The number of hydrogen-bond donors (Lipinski definition) is 0. The molecule has 0 N–H and O–H groups in total. The second-order valence-electron chi connectivity index (χ2n) is 5.95. The van der Waals surface area contributed by atoms with E-state index in [9.17, 15) is 9.59 Å². The minimum Gasteiger partial charge on any atom is -0.368 e. The van der Waals surface area contributed by atoms with E-state index in [4.69, 9.17) is 23.2 Å². The number of carbonyl (C=O) groups is 2. The van der Waals surface area contributed by atoms with Gasteiger partial charge in [-0.1, -0.05) is 30.1 Å². The molecule has 126 valence electrons. The van der Waals surface area contributed by atoms with Crippen molar-refractivity contribution in [3.63, 3.8) is 0 Å². The maximum absolute atomic E-state index is 12.5. The van der Waals surface area contributed by atoms with Crippen LogP contribution in [0.3, 0.4) is 0 Å². The van der Waals surface area contributed by atoms with E-state index in [0.29, 0.717) is 36.0 Å². The third-order valence-corrected chi connectivity index (χ3v) is 4.62. The maximum atomic E-state index is 12.5. The lowest BCUT2D eigenvalue weighted by molar-refractivity contribution is -0.138. The largest absolute Gasteiger partial charge is 0.368 e. The van der Waals surface area contributed by atoms with Crippen LogP contribution < -0.4 is 4.90 Å². The number of halogens is 2. The van der Waals surface area contributed by atoms with Gasteiger partial charge in [0.2, 0.25) is 5.91 Å². The first-order valence-corrected chi connectivity index (χ1v) is 8.65. The van der Waals surface area contributed by atoms with Gasteiger partial charge in [0.25, 0.3) is 0 Å². The van der Waals surface area contributed by atoms with Gasteiger partial charge in [-0.3, -0.25) is 4.79 Å². The highest BCUT2D eigenvalue weighted by Crippen LogP contribution is 2.26. The van der Waals surface area contributed by atoms with Gasteiger partial charge in [0.15, 0.2) is 0 Å². The van der Waals surface area contributed by atoms with E-state index in [0.717, 1.165) is 18.8 Å². The molecule has 0 radical (unpaired) electrons. The monoisotopic (exact) mass is 356 g/mol. The van der Waals surface area contributed by atoms with Gasteiger partial charge in [0.1, 0.15) is 5.78 Å². The fourth-order valence-corrected chi connectivity index (χ4v) is 3.43. The molecule has 0 spiro atoms. The molecule has 1 unspecified atom stereocenters. The van der Waals surface area contributed by atoms with E-state index in [1.54, 1.807) is 6.07 Å². The van der Waals surface area contributed by atoms with Crippen molar-refractivity contribution in [3.05, 3.63) is 28.2 Å². The molecule has 6 heteroatoms. The summed E-state index contributed by atoms with van der Waals surface area (Å²) < 4.78 is 0. The summed E-state index contributed by atoms with van der Waals surface area (Å²) >= 11 is 12.1. The van der Waals surface area contributed by atoms with E-state index in [1.165, 1.54) is 6.92 Å². The van der Waals surface area contributed by atoms with Crippen LogP contribution in [0.25, 0.3) is 0 Å². The van der Waals surface area contributed by atoms with Crippen LogP contribution in [0.5, 0.6) is 0 Å². The van der Waals surface area contributed by atoms with Crippen LogP contribution in [0.4, 0.5) is 5.69 Å². The lowest BCUT2D eigenvalue weighted by Gasteiger charge is -2.37. The zero-order valence-electron chi connectivity index (χ0n) is 13.5. The minimum atomic E-state index is -0.195. The molecule has 1 aromatic rings. The lowest BCUT2D eigenvalue weighted by atomic mass is 9.98. The minimum absolute atomic E-state index is 0.0670. The SMILES string of the molecule is CCC(CC(C)=O)C(=O)N1CCN(c2cc(Cl)cc(Cl)c2)CC1. The number of piperazine rings is 1. The third kappa shape index (κ3) is 4.85. The van der Waals surface area contributed by atoms with Crippen LogP contribution in [0, 0.1) is 5.92 Å². The van der Waals surface area contributed by atoms with Crippen molar-refractivity contribution in [2.24, 2.45) is 5.92 Å². The van der Waals surface area contributed by atoms with E-state index in [2.05, 4.69) is 4.90 Å². The van der Waals surface area contributed by atoms with Crippen molar-refractivity contribution in [1.29, 1.82) is 0 Å². The van der Waals surface area contributed by atoms with Crippen LogP contribution in [0.2, 0.25) is 10.0 Å². The maximum Gasteiger partial charge on any atom is 0.226 e. The Kier molecular flexibility index (Phi) is 6.31. The molecule has 1 saturated heterocycles. The summed E-state index contributed by atoms with van der Waals surface area (Å²) in [6.45, 7) is 6.26. The molecular formula is C17H22Cl2N2O2. The Bertz CT molecular complexity index is 564. The van der Waals surface area contributed by atoms with Crippen molar-refractivity contribution in [1.82, 2.24) is 4.90 Å². The van der Waals surface area contributed by atoms with Gasteiger partial charge in [-0.15, -0.1) is 0 Å². The summed E-state index contributed by atoms with van der Waals surface area (Å²) in [6.07, 6.45) is 1.03. The predicted octanol–water partition coefficient (Wildman–Crippen LogP) is 3.65. The van der Waals surface area contributed by atoms with Gasteiger partial charge in [-0.25, -0.2) is 0 Å². The molecule has 1 amide bonds. The molecule has 1 aliphatic heterocycles. The number of ketones is 1. The van der Waals surface area contributed by atoms with Crippen LogP contribution in [0.1, 0.15) is 26.7 Å². The zero-order valence-corrected chi connectivity index (χ0v) is 15.0. The van der Waals surface area contributed by atoms with E-state index < -0.39 is 0 Å². The molecule has 1 heterocycles. The van der Waals surface area contributed by atoms with Crippen LogP contribution in [-0.2, 0) is 9.59 Å². The Morgan fingerprint density at radius 1 is 1.09 bits per heavy atom. The number of rotatable bonds is 5. The number of benzene rings is 1. The van der Waals surface area contributed by atoms with E-state index in [1.807, 2.05) is 24.0 Å². The predicted molar refractivity (Wildman–Crippen MR) is 94.3 cm³/mol. The van der Waals surface area contributed by atoms with Gasteiger partial charge in [-0.2, -0.15) is 0 Å². The Labute approximate surface area is 147 Å². The highest BCUT2D eigenvalue weighted by molar-refractivity contribution is 6.35. The second-order valence-corrected chi connectivity index (χ2v) is 6.82. The number of carbonyl (C=O) groups excluding carboxylic acids is 2. The standard InChI is InChI=1S/C17H22Cl2N2O2/c1-3-13(8-12(2)22)17(23)21-6-4-20(5-7-21)16-10-14(18)9-15(19)11-16/h9-11,13H,3-8H2,1-2H3. The molecule has 1 fully saturated rings. The van der Waals surface area contributed by atoms with Gasteiger partial charge in [0.05, 0.1) is 0 Å². The summed E-state index contributed by atoms with van der Waals surface area (Å²) in [4.78, 5) is 27.9. The highest BCUT2D eigenvalue weighted by atomic mass is 35.5. The second kappa shape index (κ2) is 8.02. The zero-order chi connectivity index (χ0) is 17.0. The highest BCUT2D eigenvalue weighted by Gasteiger charge is 2.27. The normalized spacial score (nSPS) is 16.3. The molecule has 1 aromatic carbocycles.